The van der Waals surface area contributed by atoms with Crippen LogP contribution in [0.25, 0.3) is 0 Å². The molecule has 0 aromatic rings. The highest BCUT2D eigenvalue weighted by Crippen LogP contribution is 2.33. The normalized spacial score (nSPS) is 38.9. The zero-order valence-corrected chi connectivity index (χ0v) is 10.0. The second-order valence-corrected chi connectivity index (χ2v) is 5.23. The van der Waals surface area contributed by atoms with Crippen LogP contribution in [0.3, 0.4) is 0 Å². The monoisotopic (exact) mass is 219 g/mol. The Kier molecular flexibility index (Phi) is 2.86. The molecule has 1 N–H and O–H groups in total. The first-order valence-electron chi connectivity index (χ1n) is 6.63. The molecule has 0 aromatic heterocycles. The smallest absolute Gasteiger partial charge is 0.106 e. The highest BCUT2D eigenvalue weighted by Gasteiger charge is 2.34. The lowest BCUT2D eigenvalue weighted by Crippen LogP contribution is -2.34. The van der Waals surface area contributed by atoms with Gasteiger partial charge in [-0.25, -0.2) is 0 Å². The van der Waals surface area contributed by atoms with Crippen LogP contribution in [0.4, 0.5) is 0 Å². The summed E-state index contributed by atoms with van der Waals surface area (Å²) in [5, 5.41) is 3.53. The highest BCUT2D eigenvalue weighted by atomic mass is 16.5. The number of nitrogens with one attached hydrogen (secondary N) is 1. The number of ether oxygens (including phenoxy) is 1. The van der Waals surface area contributed by atoms with E-state index in [2.05, 4.69) is 24.4 Å². The summed E-state index contributed by atoms with van der Waals surface area (Å²) in [7, 11) is 0. The van der Waals surface area contributed by atoms with Crippen molar-refractivity contribution < 1.29 is 4.74 Å². The first kappa shape index (κ1) is 10.5. The topological polar surface area (TPSA) is 21.3 Å². The van der Waals surface area contributed by atoms with Crippen LogP contribution in [0.1, 0.15) is 45.4 Å². The predicted octanol–water partition coefficient (Wildman–Crippen LogP) is 2.91. The van der Waals surface area contributed by atoms with Crippen molar-refractivity contribution >= 4 is 0 Å². The third-order valence-corrected chi connectivity index (χ3v) is 4.02. The van der Waals surface area contributed by atoms with Crippen LogP contribution in [0.2, 0.25) is 0 Å². The van der Waals surface area contributed by atoms with Crippen LogP contribution < -0.4 is 5.32 Å². The molecule has 16 heavy (non-hydrogen) atoms. The summed E-state index contributed by atoms with van der Waals surface area (Å²) >= 11 is 0. The summed E-state index contributed by atoms with van der Waals surface area (Å²) in [5.74, 6) is 0. The van der Waals surface area contributed by atoms with Gasteiger partial charge in [0.2, 0.25) is 0 Å². The minimum absolute atomic E-state index is 0.239. The molecule has 2 aliphatic carbocycles. The van der Waals surface area contributed by atoms with Crippen molar-refractivity contribution in [3.05, 3.63) is 23.3 Å². The van der Waals surface area contributed by atoms with Gasteiger partial charge in [0.25, 0.3) is 0 Å². The molecule has 0 saturated carbocycles. The van der Waals surface area contributed by atoms with E-state index in [1.807, 2.05) is 0 Å². The second-order valence-electron chi connectivity index (χ2n) is 5.23. The Balaban J connectivity index is 1.72. The number of hydrogen-bond acceptors (Lipinski definition) is 2. The molecule has 0 spiro atoms. The van der Waals surface area contributed by atoms with E-state index >= 15 is 0 Å². The van der Waals surface area contributed by atoms with Gasteiger partial charge in [0, 0.05) is 6.04 Å². The zero-order chi connectivity index (χ0) is 11.0. The third-order valence-electron chi connectivity index (χ3n) is 4.02. The first-order chi connectivity index (χ1) is 7.83. The van der Waals surface area contributed by atoms with Crippen molar-refractivity contribution in [2.45, 2.75) is 63.8 Å². The van der Waals surface area contributed by atoms with Crippen molar-refractivity contribution in [2.24, 2.45) is 0 Å². The molecule has 0 radical (unpaired) electrons. The minimum Gasteiger partial charge on any atom is -0.358 e. The SMILES string of the molecule is CC1N[C@@H]2CC(C3=CCCCC3)=CCC2O1. The van der Waals surface area contributed by atoms with Gasteiger partial charge in [0.15, 0.2) is 0 Å². The Labute approximate surface area is 97.8 Å². The maximum Gasteiger partial charge on any atom is 0.106 e. The molecule has 1 fully saturated rings. The van der Waals surface area contributed by atoms with E-state index in [9.17, 15) is 0 Å². The molecule has 2 heteroatoms. The van der Waals surface area contributed by atoms with Crippen LogP contribution in [0.15, 0.2) is 23.3 Å². The van der Waals surface area contributed by atoms with Gasteiger partial charge in [-0.1, -0.05) is 12.2 Å². The molecule has 3 aliphatic rings. The molecular formula is C14H21NO. The van der Waals surface area contributed by atoms with Gasteiger partial charge < -0.3 is 4.74 Å². The molecular weight excluding hydrogens is 198 g/mol. The van der Waals surface area contributed by atoms with Crippen molar-refractivity contribution in [3.63, 3.8) is 0 Å². The van der Waals surface area contributed by atoms with Crippen LogP contribution >= 0.6 is 0 Å². The molecule has 3 atom stereocenters. The van der Waals surface area contributed by atoms with Crippen molar-refractivity contribution in [3.8, 4) is 0 Å². The van der Waals surface area contributed by atoms with Crippen LogP contribution in [0.5, 0.6) is 0 Å². The molecule has 1 aliphatic heterocycles. The summed E-state index contributed by atoms with van der Waals surface area (Å²) in [6.07, 6.45) is 13.1. The molecule has 0 amide bonds. The van der Waals surface area contributed by atoms with Gasteiger partial charge in [-0.15, -0.1) is 0 Å². The van der Waals surface area contributed by atoms with Crippen LogP contribution in [-0.4, -0.2) is 18.4 Å². The van der Waals surface area contributed by atoms with E-state index in [-0.39, 0.29) is 6.23 Å². The van der Waals surface area contributed by atoms with Crippen molar-refractivity contribution in [2.75, 3.05) is 0 Å². The summed E-state index contributed by atoms with van der Waals surface area (Å²) < 4.78 is 5.83. The van der Waals surface area contributed by atoms with E-state index in [0.717, 1.165) is 6.42 Å². The lowest BCUT2D eigenvalue weighted by Gasteiger charge is -2.26. The van der Waals surface area contributed by atoms with E-state index < -0.39 is 0 Å². The van der Waals surface area contributed by atoms with E-state index in [1.54, 1.807) is 11.1 Å². The second kappa shape index (κ2) is 4.34. The Morgan fingerprint density at radius 2 is 2.19 bits per heavy atom. The molecule has 1 saturated heterocycles. The zero-order valence-electron chi connectivity index (χ0n) is 10.0. The van der Waals surface area contributed by atoms with E-state index in [0.29, 0.717) is 12.1 Å². The van der Waals surface area contributed by atoms with Crippen LogP contribution in [-0.2, 0) is 4.74 Å². The maximum atomic E-state index is 5.83. The number of fused-ring (bicyclic) bond motifs is 1. The minimum atomic E-state index is 0.239. The van der Waals surface area contributed by atoms with Gasteiger partial charge in [0.1, 0.15) is 6.23 Å². The highest BCUT2D eigenvalue weighted by molar-refractivity contribution is 5.35. The van der Waals surface area contributed by atoms with Gasteiger partial charge in [-0.2, -0.15) is 0 Å². The molecule has 3 rings (SSSR count). The first-order valence-corrected chi connectivity index (χ1v) is 6.63. The van der Waals surface area contributed by atoms with Crippen LogP contribution in [0, 0.1) is 0 Å². The lowest BCUT2D eigenvalue weighted by atomic mass is 9.84. The third kappa shape index (κ3) is 1.96. The van der Waals surface area contributed by atoms with Crippen molar-refractivity contribution in [1.29, 1.82) is 0 Å². The summed E-state index contributed by atoms with van der Waals surface area (Å²) in [6, 6.07) is 0.554. The summed E-state index contributed by atoms with van der Waals surface area (Å²) in [6.45, 7) is 2.11. The average molecular weight is 219 g/mol. The Bertz CT molecular complexity index is 332. The molecule has 2 unspecified atom stereocenters. The summed E-state index contributed by atoms with van der Waals surface area (Å²) in [5.41, 5.74) is 3.21. The average Bonchev–Trinajstić information content (AvgIpc) is 2.69. The molecule has 2 nitrogen and oxygen atoms in total. The Hall–Kier alpha value is -0.600. The Morgan fingerprint density at radius 3 is 3.00 bits per heavy atom. The van der Waals surface area contributed by atoms with Gasteiger partial charge >= 0.3 is 0 Å². The van der Waals surface area contributed by atoms with E-state index in [4.69, 9.17) is 4.74 Å². The number of rotatable bonds is 1. The quantitative estimate of drug-likeness (QED) is 0.732. The van der Waals surface area contributed by atoms with Gasteiger partial charge in [-0.05, 0) is 56.6 Å². The molecule has 88 valence electrons. The van der Waals surface area contributed by atoms with E-state index in [1.165, 1.54) is 32.1 Å². The number of allylic oxidation sites excluding steroid dienone is 2. The van der Waals surface area contributed by atoms with Gasteiger partial charge in [-0.3, -0.25) is 5.32 Å². The fourth-order valence-electron chi connectivity index (χ4n) is 3.19. The number of hydrogen-bond donors (Lipinski definition) is 1. The fourth-order valence-corrected chi connectivity index (χ4v) is 3.19. The maximum absolute atomic E-state index is 5.83. The molecule has 1 heterocycles. The predicted molar refractivity (Wildman–Crippen MR) is 65.1 cm³/mol. The van der Waals surface area contributed by atoms with Crippen molar-refractivity contribution in [1.82, 2.24) is 5.32 Å². The fraction of sp³-hybridized carbons (Fsp3) is 0.714. The molecule has 0 bridgehead atoms. The largest absolute Gasteiger partial charge is 0.358 e. The standard InChI is InChI=1S/C14H21NO/c1-10-15-13-9-12(7-8-14(13)16-10)11-5-3-2-4-6-11/h5,7,10,13-15H,2-4,6,8-9H2,1H3/t10?,13-,14?/m1/s1. The molecule has 0 aromatic carbocycles. The van der Waals surface area contributed by atoms with Gasteiger partial charge in [0.05, 0.1) is 6.10 Å². The summed E-state index contributed by atoms with van der Waals surface area (Å²) in [4.78, 5) is 0. The Morgan fingerprint density at radius 1 is 1.25 bits per heavy atom. The lowest BCUT2D eigenvalue weighted by molar-refractivity contribution is 0.0480.